The topological polar surface area (TPSA) is 64.7 Å². The Bertz CT molecular complexity index is 1050. The monoisotopic (exact) mass is 565 g/mol. The summed E-state index contributed by atoms with van der Waals surface area (Å²) in [5.74, 6) is 0.580. The minimum atomic E-state index is -0.211. The Kier molecular flexibility index (Phi) is 9.95. The van der Waals surface area contributed by atoms with Gasteiger partial charge in [0, 0.05) is 49.8 Å². The van der Waals surface area contributed by atoms with Crippen molar-refractivity contribution in [1.29, 1.82) is 0 Å². The van der Waals surface area contributed by atoms with Crippen LogP contribution in [0, 0.1) is 5.82 Å². The van der Waals surface area contributed by atoms with Crippen molar-refractivity contribution in [1.82, 2.24) is 20.5 Å². The summed E-state index contributed by atoms with van der Waals surface area (Å²) in [6.07, 6.45) is 2.74. The highest BCUT2D eigenvalue weighted by Crippen LogP contribution is 2.19. The molecule has 3 N–H and O–H groups in total. The van der Waals surface area contributed by atoms with E-state index in [0.29, 0.717) is 13.1 Å². The summed E-state index contributed by atoms with van der Waals surface area (Å²) >= 11 is 0. The molecule has 1 fully saturated rings. The van der Waals surface area contributed by atoms with Gasteiger partial charge in [0.25, 0.3) is 0 Å². The molecule has 0 saturated carbocycles. The molecular weight excluding hydrogens is 532 g/mol. The lowest BCUT2D eigenvalue weighted by atomic mass is 10.1. The van der Waals surface area contributed by atoms with Crippen molar-refractivity contribution in [3.63, 3.8) is 0 Å². The van der Waals surface area contributed by atoms with Crippen molar-refractivity contribution >= 4 is 40.8 Å². The summed E-state index contributed by atoms with van der Waals surface area (Å²) in [5.41, 5.74) is 4.61. The van der Waals surface area contributed by atoms with Gasteiger partial charge in [-0.05, 0) is 48.2 Å². The molecule has 178 valence electrons. The molecule has 0 spiro atoms. The Hall–Kier alpha value is -2.17. The van der Waals surface area contributed by atoms with E-state index in [2.05, 4.69) is 51.7 Å². The smallest absolute Gasteiger partial charge is 0.191 e. The normalized spacial score (nSPS) is 14.8. The minimum absolute atomic E-state index is 0. The van der Waals surface area contributed by atoms with Crippen LogP contribution in [0.5, 0.6) is 0 Å². The quantitative estimate of drug-likeness (QED) is 0.219. The molecule has 0 atom stereocenters. The number of fused-ring (bicyclic) bond motifs is 1. The molecule has 0 radical (unpaired) electrons. The number of rotatable bonds is 8. The molecule has 4 rings (SSSR count). The molecule has 1 aliphatic heterocycles. The van der Waals surface area contributed by atoms with E-state index in [4.69, 9.17) is 9.73 Å². The predicted molar refractivity (Wildman–Crippen MR) is 143 cm³/mol. The molecule has 8 heteroatoms. The van der Waals surface area contributed by atoms with Gasteiger partial charge in [0.15, 0.2) is 5.96 Å². The highest BCUT2D eigenvalue weighted by molar-refractivity contribution is 14.0. The van der Waals surface area contributed by atoms with Crippen LogP contribution in [0.2, 0.25) is 0 Å². The summed E-state index contributed by atoms with van der Waals surface area (Å²) in [4.78, 5) is 10.5. The number of halogens is 2. The van der Waals surface area contributed by atoms with E-state index in [1.807, 2.05) is 6.20 Å². The number of aromatic amines is 1. The number of benzene rings is 2. The van der Waals surface area contributed by atoms with Crippen LogP contribution in [0.3, 0.4) is 0 Å². The number of nitrogens with one attached hydrogen (secondary N) is 3. The van der Waals surface area contributed by atoms with Gasteiger partial charge in [-0.3, -0.25) is 4.90 Å². The molecule has 0 unspecified atom stereocenters. The third-order valence-corrected chi connectivity index (χ3v) is 5.78. The summed E-state index contributed by atoms with van der Waals surface area (Å²) in [5, 5.41) is 7.67. The lowest BCUT2D eigenvalue weighted by molar-refractivity contribution is 0.0341. The molecule has 6 nitrogen and oxygen atoms in total. The molecule has 1 saturated heterocycles. The first kappa shape index (κ1) is 25.5. The van der Waals surface area contributed by atoms with Crippen LogP contribution in [0.25, 0.3) is 10.9 Å². The zero-order valence-corrected chi connectivity index (χ0v) is 21.4. The van der Waals surface area contributed by atoms with Crippen LogP contribution in [0.15, 0.2) is 53.7 Å². The van der Waals surface area contributed by atoms with Gasteiger partial charge >= 0.3 is 0 Å². The maximum absolute atomic E-state index is 13.6. The van der Waals surface area contributed by atoms with Gasteiger partial charge in [0.1, 0.15) is 5.82 Å². The molecular formula is C25H33FIN5O. The van der Waals surface area contributed by atoms with Crippen molar-refractivity contribution < 1.29 is 9.13 Å². The fourth-order valence-corrected chi connectivity index (χ4v) is 4.05. The van der Waals surface area contributed by atoms with Crippen LogP contribution in [-0.4, -0.2) is 55.2 Å². The van der Waals surface area contributed by atoms with Crippen molar-refractivity contribution in [2.24, 2.45) is 4.99 Å². The molecule has 33 heavy (non-hydrogen) atoms. The largest absolute Gasteiger partial charge is 0.379 e. The second-order valence-corrected chi connectivity index (χ2v) is 8.03. The van der Waals surface area contributed by atoms with Crippen LogP contribution >= 0.6 is 24.0 Å². The van der Waals surface area contributed by atoms with Gasteiger partial charge in [-0.15, -0.1) is 24.0 Å². The van der Waals surface area contributed by atoms with E-state index < -0.39 is 0 Å². The predicted octanol–water partition coefficient (Wildman–Crippen LogP) is 4.06. The number of aromatic nitrogens is 1. The molecule has 0 amide bonds. The standard InChI is InChI=1S/C25H32FN5O.HI/c1-2-27-25(28-10-9-20-17-29-24-8-7-22(26)15-23(20)24)30-16-19-5-3-4-6-21(19)18-31-11-13-32-14-12-31;/h3-8,15,17,29H,2,9-14,16,18H2,1H3,(H2,27,28,30);1H. The van der Waals surface area contributed by atoms with E-state index in [1.54, 1.807) is 12.1 Å². The Labute approximate surface area is 212 Å². The number of hydrogen-bond acceptors (Lipinski definition) is 3. The average Bonchev–Trinajstić information content (AvgIpc) is 3.21. The summed E-state index contributed by atoms with van der Waals surface area (Å²) in [6.45, 7) is 8.66. The lowest BCUT2D eigenvalue weighted by Gasteiger charge is -2.27. The first-order valence-corrected chi connectivity index (χ1v) is 11.4. The first-order valence-electron chi connectivity index (χ1n) is 11.4. The zero-order chi connectivity index (χ0) is 22.2. The summed E-state index contributed by atoms with van der Waals surface area (Å²) in [7, 11) is 0. The molecule has 3 aromatic rings. The van der Waals surface area contributed by atoms with Crippen LogP contribution in [0.1, 0.15) is 23.6 Å². The Morgan fingerprint density at radius 2 is 1.88 bits per heavy atom. The van der Waals surface area contributed by atoms with Gasteiger partial charge in [-0.25, -0.2) is 9.38 Å². The van der Waals surface area contributed by atoms with E-state index in [-0.39, 0.29) is 29.8 Å². The van der Waals surface area contributed by atoms with E-state index >= 15 is 0 Å². The fourth-order valence-electron chi connectivity index (χ4n) is 4.05. The molecule has 0 bridgehead atoms. The number of morpholine rings is 1. The number of guanidine groups is 1. The third-order valence-electron chi connectivity index (χ3n) is 5.78. The number of nitrogens with zero attached hydrogens (tertiary/aromatic N) is 2. The molecule has 2 heterocycles. The Morgan fingerprint density at radius 3 is 2.67 bits per heavy atom. The van der Waals surface area contributed by atoms with Gasteiger partial charge in [-0.2, -0.15) is 0 Å². The molecule has 1 aliphatic rings. The van der Waals surface area contributed by atoms with Crippen LogP contribution in [-0.2, 0) is 24.2 Å². The fraction of sp³-hybridized carbons (Fsp3) is 0.400. The average molecular weight is 565 g/mol. The molecule has 1 aromatic heterocycles. The minimum Gasteiger partial charge on any atom is -0.379 e. The van der Waals surface area contributed by atoms with Crippen molar-refractivity contribution in [3.8, 4) is 0 Å². The number of ether oxygens (including phenoxy) is 1. The second-order valence-electron chi connectivity index (χ2n) is 8.03. The molecule has 0 aliphatic carbocycles. The number of aliphatic imine (C=N–C) groups is 1. The van der Waals surface area contributed by atoms with E-state index in [9.17, 15) is 4.39 Å². The third kappa shape index (κ3) is 7.15. The van der Waals surface area contributed by atoms with Gasteiger partial charge in [-0.1, -0.05) is 24.3 Å². The zero-order valence-electron chi connectivity index (χ0n) is 19.1. The Balaban J connectivity index is 0.00000306. The maximum Gasteiger partial charge on any atom is 0.191 e. The van der Waals surface area contributed by atoms with Gasteiger partial charge < -0.3 is 20.4 Å². The first-order chi connectivity index (χ1) is 15.7. The number of H-pyrrole nitrogens is 1. The van der Waals surface area contributed by atoms with Crippen molar-refractivity contribution in [2.45, 2.75) is 26.4 Å². The van der Waals surface area contributed by atoms with Crippen LogP contribution in [0.4, 0.5) is 4.39 Å². The Morgan fingerprint density at radius 1 is 1.09 bits per heavy atom. The van der Waals surface area contributed by atoms with Gasteiger partial charge in [0.2, 0.25) is 0 Å². The highest BCUT2D eigenvalue weighted by Gasteiger charge is 2.12. The van der Waals surface area contributed by atoms with Crippen LogP contribution < -0.4 is 10.6 Å². The maximum atomic E-state index is 13.6. The molecule has 2 aromatic carbocycles. The van der Waals surface area contributed by atoms with Crippen molar-refractivity contribution in [2.75, 3.05) is 39.4 Å². The lowest BCUT2D eigenvalue weighted by Crippen LogP contribution is -2.38. The van der Waals surface area contributed by atoms with E-state index in [0.717, 1.165) is 68.2 Å². The van der Waals surface area contributed by atoms with Gasteiger partial charge in [0.05, 0.1) is 19.8 Å². The van der Waals surface area contributed by atoms with Crippen molar-refractivity contribution in [3.05, 3.63) is 71.2 Å². The summed E-state index contributed by atoms with van der Waals surface area (Å²) < 4.78 is 19.1. The number of hydrogen-bond donors (Lipinski definition) is 3. The SMILES string of the molecule is CCNC(=NCc1ccccc1CN1CCOCC1)NCCc1c[nH]c2ccc(F)cc12.I. The highest BCUT2D eigenvalue weighted by atomic mass is 127. The van der Waals surface area contributed by atoms with E-state index in [1.165, 1.54) is 17.2 Å². The summed E-state index contributed by atoms with van der Waals surface area (Å²) in [6, 6.07) is 13.4. The second kappa shape index (κ2) is 12.9.